The maximum absolute atomic E-state index is 11.9. The highest BCUT2D eigenvalue weighted by Crippen LogP contribution is 2.34. The van der Waals surface area contributed by atoms with Crippen molar-refractivity contribution in [3.63, 3.8) is 0 Å². The Bertz CT molecular complexity index is 857. The Kier molecular flexibility index (Phi) is 4.05. The van der Waals surface area contributed by atoms with Crippen molar-refractivity contribution < 1.29 is 19.8 Å². The zero-order valence-electron chi connectivity index (χ0n) is 11.3. The maximum atomic E-state index is 11.9. The Balaban J connectivity index is 3.02. The second-order valence-corrected chi connectivity index (χ2v) is 5.44. The summed E-state index contributed by atoms with van der Waals surface area (Å²) in [7, 11) is 0. The molecule has 0 saturated heterocycles. The fraction of sp³-hybridized carbons (Fsp3) is 0.0714. The van der Waals surface area contributed by atoms with Gasteiger partial charge in [0.15, 0.2) is 0 Å². The van der Waals surface area contributed by atoms with Crippen LogP contribution >= 0.6 is 15.9 Å². The van der Waals surface area contributed by atoms with E-state index < -0.39 is 34.4 Å². The Morgan fingerprint density at radius 3 is 2.27 bits per heavy atom. The third kappa shape index (κ3) is 2.60. The van der Waals surface area contributed by atoms with Gasteiger partial charge in [-0.2, -0.15) is 0 Å². The van der Waals surface area contributed by atoms with Crippen molar-refractivity contribution in [1.82, 2.24) is 4.98 Å². The van der Waals surface area contributed by atoms with E-state index in [4.69, 9.17) is 5.73 Å². The van der Waals surface area contributed by atoms with Crippen molar-refractivity contribution in [2.75, 3.05) is 5.73 Å². The quantitative estimate of drug-likeness (QED) is 0.656. The van der Waals surface area contributed by atoms with Gasteiger partial charge in [-0.1, -0.05) is 28.1 Å². The van der Waals surface area contributed by atoms with E-state index in [1.54, 1.807) is 12.1 Å². The number of carboxylic acids is 2. The summed E-state index contributed by atoms with van der Waals surface area (Å²) in [5, 5.41) is 18.6. The van der Waals surface area contributed by atoms with Gasteiger partial charge in [-0.3, -0.25) is 4.79 Å². The number of aromatic amines is 1. The molecule has 0 fully saturated rings. The van der Waals surface area contributed by atoms with E-state index in [0.29, 0.717) is 4.47 Å². The smallest absolute Gasteiger partial charge is 0.342 e. The average molecular weight is 367 g/mol. The number of anilines is 1. The predicted molar refractivity (Wildman–Crippen MR) is 83.3 cm³/mol. The molecule has 0 radical (unpaired) electrons. The molecular formula is C14H11BrN2O5. The van der Waals surface area contributed by atoms with Crippen LogP contribution in [0.25, 0.3) is 11.1 Å². The predicted octanol–water partition coefficient (Wildman–Crippen LogP) is 2.09. The minimum Gasteiger partial charge on any atom is -0.478 e. The molecule has 0 spiro atoms. The number of carbonyl (C=O) groups is 2. The SMILES string of the molecule is Cc1ccc(-c2c(C(=O)O)c(N)[nH]c(=O)c2C(=O)O)c(Br)c1. The Morgan fingerprint density at radius 1 is 1.18 bits per heavy atom. The number of aromatic carboxylic acids is 2. The molecule has 22 heavy (non-hydrogen) atoms. The number of benzene rings is 1. The number of rotatable bonds is 3. The Morgan fingerprint density at radius 2 is 1.77 bits per heavy atom. The van der Waals surface area contributed by atoms with Gasteiger partial charge in [0.2, 0.25) is 0 Å². The van der Waals surface area contributed by atoms with Crippen LogP contribution in [0.1, 0.15) is 26.3 Å². The highest BCUT2D eigenvalue weighted by molar-refractivity contribution is 9.10. The van der Waals surface area contributed by atoms with E-state index in [9.17, 15) is 24.6 Å². The zero-order valence-corrected chi connectivity index (χ0v) is 12.9. The average Bonchev–Trinajstić information content (AvgIpc) is 2.36. The molecule has 2 rings (SSSR count). The Hall–Kier alpha value is -2.61. The first-order valence-corrected chi connectivity index (χ1v) is 6.82. The van der Waals surface area contributed by atoms with Crippen LogP contribution in [0.3, 0.4) is 0 Å². The summed E-state index contributed by atoms with van der Waals surface area (Å²) in [6.45, 7) is 1.82. The van der Waals surface area contributed by atoms with E-state index in [1.165, 1.54) is 6.07 Å². The first kappa shape index (κ1) is 15.8. The normalized spacial score (nSPS) is 10.5. The van der Waals surface area contributed by atoms with Crippen molar-refractivity contribution in [2.24, 2.45) is 0 Å². The summed E-state index contributed by atoms with van der Waals surface area (Å²) >= 11 is 3.26. The fourth-order valence-electron chi connectivity index (χ4n) is 2.14. The van der Waals surface area contributed by atoms with E-state index in [2.05, 4.69) is 20.9 Å². The molecule has 8 heteroatoms. The van der Waals surface area contributed by atoms with Gasteiger partial charge in [-0.05, 0) is 24.1 Å². The molecule has 1 aromatic heterocycles. The third-order valence-corrected chi connectivity index (χ3v) is 3.72. The lowest BCUT2D eigenvalue weighted by Crippen LogP contribution is -2.24. The van der Waals surface area contributed by atoms with Gasteiger partial charge in [-0.15, -0.1) is 0 Å². The van der Waals surface area contributed by atoms with Crippen LogP contribution in [0.5, 0.6) is 0 Å². The number of nitrogens with one attached hydrogen (secondary N) is 1. The van der Waals surface area contributed by atoms with E-state index in [0.717, 1.165) is 5.56 Å². The van der Waals surface area contributed by atoms with Crippen LogP contribution in [-0.4, -0.2) is 27.1 Å². The number of hydrogen-bond donors (Lipinski definition) is 4. The molecule has 0 amide bonds. The monoisotopic (exact) mass is 366 g/mol. The number of nitrogen functional groups attached to an aromatic ring is 1. The second-order valence-electron chi connectivity index (χ2n) is 4.59. The van der Waals surface area contributed by atoms with Crippen LogP contribution in [0.4, 0.5) is 5.82 Å². The van der Waals surface area contributed by atoms with E-state index >= 15 is 0 Å². The molecule has 1 aromatic carbocycles. The van der Waals surface area contributed by atoms with E-state index in [-0.39, 0.29) is 11.1 Å². The molecule has 0 aliphatic carbocycles. The van der Waals surface area contributed by atoms with Crippen molar-refractivity contribution in [2.45, 2.75) is 6.92 Å². The first-order valence-electron chi connectivity index (χ1n) is 6.03. The number of aryl methyl sites for hydroxylation is 1. The van der Waals surface area contributed by atoms with Crippen molar-refractivity contribution in [1.29, 1.82) is 0 Å². The number of aromatic nitrogens is 1. The molecule has 2 aromatic rings. The van der Waals surface area contributed by atoms with Crippen LogP contribution in [0.15, 0.2) is 27.5 Å². The third-order valence-electron chi connectivity index (χ3n) is 3.07. The summed E-state index contributed by atoms with van der Waals surface area (Å²) < 4.78 is 0.461. The largest absolute Gasteiger partial charge is 0.478 e. The number of halogens is 1. The van der Waals surface area contributed by atoms with Gasteiger partial charge in [0.05, 0.1) is 0 Å². The zero-order chi connectivity index (χ0) is 16.6. The van der Waals surface area contributed by atoms with Crippen molar-refractivity contribution in [3.05, 3.63) is 49.7 Å². The van der Waals surface area contributed by atoms with Crippen LogP contribution < -0.4 is 11.3 Å². The van der Waals surface area contributed by atoms with Crippen LogP contribution in [0.2, 0.25) is 0 Å². The van der Waals surface area contributed by atoms with Crippen LogP contribution in [-0.2, 0) is 0 Å². The molecule has 0 bridgehead atoms. The van der Waals surface area contributed by atoms with Gasteiger partial charge in [-0.25, -0.2) is 9.59 Å². The molecule has 7 nitrogen and oxygen atoms in total. The highest BCUT2D eigenvalue weighted by Gasteiger charge is 2.27. The first-order chi connectivity index (χ1) is 10.2. The lowest BCUT2D eigenvalue weighted by Gasteiger charge is -2.13. The molecule has 0 saturated carbocycles. The summed E-state index contributed by atoms with van der Waals surface area (Å²) in [4.78, 5) is 36.8. The van der Waals surface area contributed by atoms with Crippen molar-refractivity contribution >= 4 is 33.7 Å². The molecule has 0 atom stereocenters. The number of carboxylic acid groups (broad SMARTS) is 2. The molecule has 0 unspecified atom stereocenters. The number of H-pyrrole nitrogens is 1. The fourth-order valence-corrected chi connectivity index (χ4v) is 2.83. The summed E-state index contributed by atoms with van der Waals surface area (Å²) in [5.41, 5.74) is 4.39. The summed E-state index contributed by atoms with van der Waals surface area (Å²) in [6.07, 6.45) is 0. The number of nitrogens with two attached hydrogens (primary N) is 1. The highest BCUT2D eigenvalue weighted by atomic mass is 79.9. The van der Waals surface area contributed by atoms with Gasteiger partial charge < -0.3 is 20.9 Å². The standard InChI is InChI=1S/C14H11BrN2O5/c1-5-2-3-6(7(15)4-5)8-9(13(19)20)11(16)17-12(18)10(8)14(21)22/h2-4H,1H3,(H,19,20)(H,21,22)(H3,16,17,18). The Labute approximate surface area is 132 Å². The maximum Gasteiger partial charge on any atom is 0.342 e. The van der Waals surface area contributed by atoms with Crippen LogP contribution in [0, 0.1) is 6.92 Å². The molecule has 1 heterocycles. The molecule has 0 aliphatic rings. The van der Waals surface area contributed by atoms with Gasteiger partial charge in [0.1, 0.15) is 16.9 Å². The minimum absolute atomic E-state index is 0.229. The second kappa shape index (κ2) is 5.64. The lowest BCUT2D eigenvalue weighted by molar-refractivity contribution is 0.0695. The number of pyridine rings is 1. The minimum atomic E-state index is -1.54. The molecular weight excluding hydrogens is 356 g/mol. The van der Waals surface area contributed by atoms with Gasteiger partial charge in [0.25, 0.3) is 5.56 Å². The summed E-state index contributed by atoms with van der Waals surface area (Å²) in [6, 6.07) is 4.89. The molecule has 0 aliphatic heterocycles. The lowest BCUT2D eigenvalue weighted by atomic mass is 9.95. The van der Waals surface area contributed by atoms with Crippen molar-refractivity contribution in [3.8, 4) is 11.1 Å². The van der Waals surface area contributed by atoms with E-state index in [1.807, 2.05) is 6.92 Å². The molecule has 5 N–H and O–H groups in total. The van der Waals surface area contributed by atoms with Gasteiger partial charge >= 0.3 is 11.9 Å². The topological polar surface area (TPSA) is 133 Å². The number of hydrogen-bond acceptors (Lipinski definition) is 4. The molecule has 114 valence electrons. The summed E-state index contributed by atoms with van der Waals surface area (Å²) in [5.74, 6) is -3.37. The van der Waals surface area contributed by atoms with Gasteiger partial charge in [0, 0.05) is 10.0 Å².